The monoisotopic (exact) mass is 419 g/mol. The molecule has 0 atom stereocenters. The van der Waals surface area contributed by atoms with Crippen molar-refractivity contribution in [3.63, 3.8) is 0 Å². The molecule has 3 heterocycles. The molecule has 0 spiro atoms. The van der Waals surface area contributed by atoms with Crippen molar-refractivity contribution in [3.8, 4) is 10.9 Å². The lowest BCUT2D eigenvalue weighted by Crippen LogP contribution is -2.15. The first-order valence-electron chi connectivity index (χ1n) is 9.26. The average Bonchev–Trinajstić information content (AvgIpc) is 3.41. The second kappa shape index (κ2) is 6.96. The summed E-state index contributed by atoms with van der Waals surface area (Å²) in [6.07, 6.45) is 0.280. The van der Waals surface area contributed by atoms with Gasteiger partial charge in [0.15, 0.2) is 0 Å². The highest BCUT2D eigenvalue weighted by Gasteiger charge is 2.20. The number of aromatic nitrogens is 3. The summed E-state index contributed by atoms with van der Waals surface area (Å²) in [6.45, 7) is 1.86. The summed E-state index contributed by atoms with van der Waals surface area (Å²) in [5.74, 6) is 0.940. The van der Waals surface area contributed by atoms with Gasteiger partial charge in [-0.3, -0.25) is 9.59 Å². The number of nitrogens with one attached hydrogen (secondary N) is 2. The summed E-state index contributed by atoms with van der Waals surface area (Å²) < 4.78 is 7.87. The topological polar surface area (TPSA) is 98.1 Å². The molecule has 0 unspecified atom stereocenters. The van der Waals surface area contributed by atoms with Gasteiger partial charge in [0.05, 0.1) is 29.4 Å². The van der Waals surface area contributed by atoms with Crippen LogP contribution in [0.2, 0.25) is 0 Å². The van der Waals surface area contributed by atoms with E-state index in [0.29, 0.717) is 16.5 Å². The van der Waals surface area contributed by atoms with Crippen molar-refractivity contribution in [2.24, 2.45) is 0 Å². The second-order valence-corrected chi connectivity index (χ2v) is 7.97. The molecule has 0 bridgehead atoms. The number of carbonyl (C=O) groups excluding carboxylic acids is 2. The Balaban J connectivity index is 1.46. The van der Waals surface area contributed by atoms with Gasteiger partial charge < -0.3 is 15.4 Å². The Morgan fingerprint density at radius 1 is 1.23 bits per heavy atom. The Hall–Kier alpha value is -3.72. The quantitative estimate of drug-likeness (QED) is 0.527. The van der Waals surface area contributed by atoms with E-state index in [4.69, 9.17) is 4.74 Å². The Labute approximate surface area is 175 Å². The van der Waals surface area contributed by atoms with E-state index in [1.165, 1.54) is 11.3 Å². The highest BCUT2D eigenvalue weighted by Crippen LogP contribution is 2.30. The number of anilines is 2. The van der Waals surface area contributed by atoms with E-state index < -0.39 is 0 Å². The summed E-state index contributed by atoms with van der Waals surface area (Å²) in [7, 11) is 1.62. The highest BCUT2D eigenvalue weighted by atomic mass is 32.1. The van der Waals surface area contributed by atoms with Crippen LogP contribution >= 0.6 is 11.3 Å². The molecule has 0 aliphatic carbocycles. The standard InChI is InChI=1S/C21H17N5O3S/c1-11-7-18(24-20(28)12-3-5-15-13(8-12)9-19(27)22-15)26(25-11)21-23-16-6-4-14(29-2)10-17(16)30-21/h3-8,10H,9H2,1-2H3,(H,22,27)(H,24,28). The predicted molar refractivity (Wildman–Crippen MR) is 115 cm³/mol. The molecule has 2 aromatic heterocycles. The highest BCUT2D eigenvalue weighted by molar-refractivity contribution is 7.20. The number of thiazole rings is 1. The number of fused-ring (bicyclic) bond motifs is 2. The van der Waals surface area contributed by atoms with E-state index in [0.717, 1.165) is 32.9 Å². The summed E-state index contributed by atoms with van der Waals surface area (Å²) in [4.78, 5) is 29.0. The smallest absolute Gasteiger partial charge is 0.256 e. The van der Waals surface area contributed by atoms with Gasteiger partial charge in [0.1, 0.15) is 11.6 Å². The molecular weight excluding hydrogens is 402 g/mol. The van der Waals surface area contributed by atoms with Crippen LogP contribution in [0.15, 0.2) is 42.5 Å². The fourth-order valence-electron chi connectivity index (χ4n) is 3.40. The normalized spacial score (nSPS) is 12.7. The maximum absolute atomic E-state index is 12.9. The van der Waals surface area contributed by atoms with Gasteiger partial charge in [-0.2, -0.15) is 9.78 Å². The molecule has 2 N–H and O–H groups in total. The maximum Gasteiger partial charge on any atom is 0.256 e. The zero-order valence-electron chi connectivity index (χ0n) is 16.2. The molecule has 2 amide bonds. The number of nitrogens with zero attached hydrogens (tertiary/aromatic N) is 3. The molecule has 30 heavy (non-hydrogen) atoms. The van der Waals surface area contributed by atoms with Crippen molar-refractivity contribution >= 4 is 44.9 Å². The summed E-state index contributed by atoms with van der Waals surface area (Å²) in [5.41, 5.74) is 3.63. The zero-order chi connectivity index (χ0) is 20.8. The number of benzene rings is 2. The molecule has 0 fully saturated rings. The molecule has 1 aliphatic heterocycles. The number of carbonyl (C=O) groups is 2. The first-order chi connectivity index (χ1) is 14.5. The van der Waals surface area contributed by atoms with Crippen LogP contribution in [0.5, 0.6) is 5.75 Å². The largest absolute Gasteiger partial charge is 0.497 e. The van der Waals surface area contributed by atoms with Gasteiger partial charge in [-0.1, -0.05) is 11.3 Å². The SMILES string of the molecule is COc1ccc2nc(-n3nc(C)cc3NC(=O)c3ccc4c(c3)CC(=O)N4)sc2c1. The Morgan fingerprint density at radius 2 is 2.10 bits per heavy atom. The molecule has 5 rings (SSSR count). The van der Waals surface area contributed by atoms with E-state index in [1.54, 1.807) is 36.1 Å². The minimum atomic E-state index is -0.277. The average molecular weight is 419 g/mol. The van der Waals surface area contributed by atoms with Crippen molar-refractivity contribution in [2.75, 3.05) is 17.7 Å². The van der Waals surface area contributed by atoms with Crippen molar-refractivity contribution in [1.29, 1.82) is 0 Å². The number of rotatable bonds is 4. The number of amides is 2. The van der Waals surface area contributed by atoms with Crippen molar-refractivity contribution in [2.45, 2.75) is 13.3 Å². The van der Waals surface area contributed by atoms with Gasteiger partial charge in [-0.05, 0) is 48.9 Å². The van der Waals surface area contributed by atoms with E-state index in [-0.39, 0.29) is 18.2 Å². The van der Waals surface area contributed by atoms with Crippen LogP contribution in [0.4, 0.5) is 11.5 Å². The predicted octanol–water partition coefficient (Wildman–Crippen LogP) is 3.55. The third kappa shape index (κ3) is 3.18. The molecule has 0 saturated carbocycles. The lowest BCUT2D eigenvalue weighted by atomic mass is 10.1. The lowest BCUT2D eigenvalue weighted by molar-refractivity contribution is -0.115. The molecule has 9 heteroatoms. The molecule has 2 aromatic carbocycles. The van der Waals surface area contributed by atoms with Crippen molar-refractivity contribution < 1.29 is 14.3 Å². The minimum absolute atomic E-state index is 0.0660. The van der Waals surface area contributed by atoms with Gasteiger partial charge >= 0.3 is 0 Å². The van der Waals surface area contributed by atoms with Gasteiger partial charge in [0.2, 0.25) is 11.0 Å². The van der Waals surface area contributed by atoms with Crippen LogP contribution in [-0.2, 0) is 11.2 Å². The molecule has 4 aromatic rings. The fourth-order valence-corrected chi connectivity index (χ4v) is 4.36. The van der Waals surface area contributed by atoms with Crippen LogP contribution in [0.1, 0.15) is 21.6 Å². The summed E-state index contributed by atoms with van der Waals surface area (Å²) in [6, 6.07) is 12.6. The number of hydrogen-bond acceptors (Lipinski definition) is 6. The van der Waals surface area contributed by atoms with Crippen LogP contribution in [-0.4, -0.2) is 33.7 Å². The third-order valence-electron chi connectivity index (χ3n) is 4.83. The van der Waals surface area contributed by atoms with Gasteiger partial charge in [0.25, 0.3) is 5.91 Å². The Kier molecular flexibility index (Phi) is 4.25. The molecule has 1 aliphatic rings. The van der Waals surface area contributed by atoms with Crippen molar-refractivity contribution in [3.05, 3.63) is 59.3 Å². The summed E-state index contributed by atoms with van der Waals surface area (Å²) in [5, 5.41) is 10.8. The molecule has 150 valence electrons. The van der Waals surface area contributed by atoms with E-state index >= 15 is 0 Å². The molecule has 8 nitrogen and oxygen atoms in total. The Bertz CT molecular complexity index is 1320. The minimum Gasteiger partial charge on any atom is -0.497 e. The first kappa shape index (κ1) is 18.3. The molecular formula is C21H17N5O3S. The van der Waals surface area contributed by atoms with E-state index in [9.17, 15) is 9.59 Å². The second-order valence-electron chi connectivity index (χ2n) is 6.96. The number of hydrogen-bond donors (Lipinski definition) is 2. The lowest BCUT2D eigenvalue weighted by Gasteiger charge is -2.07. The van der Waals surface area contributed by atoms with Gasteiger partial charge in [0, 0.05) is 17.3 Å². The van der Waals surface area contributed by atoms with Crippen LogP contribution in [0.3, 0.4) is 0 Å². The number of methoxy groups -OCH3 is 1. The van der Waals surface area contributed by atoms with Crippen LogP contribution in [0, 0.1) is 6.92 Å². The van der Waals surface area contributed by atoms with Gasteiger partial charge in [-0.25, -0.2) is 4.98 Å². The maximum atomic E-state index is 12.9. The number of aryl methyl sites for hydroxylation is 1. The summed E-state index contributed by atoms with van der Waals surface area (Å²) >= 11 is 1.46. The van der Waals surface area contributed by atoms with Crippen LogP contribution in [0.25, 0.3) is 15.3 Å². The van der Waals surface area contributed by atoms with Crippen LogP contribution < -0.4 is 15.4 Å². The van der Waals surface area contributed by atoms with E-state index in [2.05, 4.69) is 20.7 Å². The first-order valence-corrected chi connectivity index (χ1v) is 10.1. The number of ether oxygens (including phenoxy) is 1. The molecule has 0 radical (unpaired) electrons. The van der Waals surface area contributed by atoms with Gasteiger partial charge in [-0.15, -0.1) is 0 Å². The van der Waals surface area contributed by atoms with Crippen molar-refractivity contribution in [1.82, 2.24) is 14.8 Å². The fraction of sp³-hybridized carbons (Fsp3) is 0.143. The van der Waals surface area contributed by atoms with E-state index in [1.807, 2.05) is 25.1 Å². The third-order valence-corrected chi connectivity index (χ3v) is 5.82. The zero-order valence-corrected chi connectivity index (χ0v) is 17.0. The Morgan fingerprint density at radius 3 is 2.93 bits per heavy atom. The molecule has 0 saturated heterocycles.